The summed E-state index contributed by atoms with van der Waals surface area (Å²) in [6, 6.07) is 9.33. The van der Waals surface area contributed by atoms with Crippen molar-refractivity contribution in [2.75, 3.05) is 7.11 Å². The van der Waals surface area contributed by atoms with Crippen molar-refractivity contribution < 1.29 is 26.5 Å². The van der Waals surface area contributed by atoms with Gasteiger partial charge in [-0.2, -0.15) is 8.42 Å². The summed E-state index contributed by atoms with van der Waals surface area (Å²) >= 11 is 0. The van der Waals surface area contributed by atoms with Crippen LogP contribution in [0.3, 0.4) is 0 Å². The summed E-state index contributed by atoms with van der Waals surface area (Å²) in [5.74, 6) is -0.246. The monoisotopic (exact) mass is 479 g/mol. The molecule has 0 aliphatic heterocycles. The first-order valence-electron chi connectivity index (χ1n) is 11.3. The van der Waals surface area contributed by atoms with Gasteiger partial charge in [-0.05, 0) is 68.7 Å². The molecule has 1 amide bonds. The molecule has 2 rings (SSSR count). The van der Waals surface area contributed by atoms with E-state index in [-0.39, 0.29) is 34.3 Å². The minimum Gasteiger partial charge on any atom is -0.493 e. The maximum absolute atomic E-state index is 13.2. The summed E-state index contributed by atoms with van der Waals surface area (Å²) < 4.78 is 49.2. The molecule has 33 heavy (non-hydrogen) atoms. The van der Waals surface area contributed by atoms with Crippen molar-refractivity contribution in [2.45, 2.75) is 70.9 Å². The molecule has 2 aromatic rings. The number of carbonyl (C=O) groups is 1. The van der Waals surface area contributed by atoms with E-state index in [0.29, 0.717) is 12.1 Å². The molecule has 2 aromatic carbocycles. The quantitative estimate of drug-likeness (QED) is 0.373. The molecule has 0 bridgehead atoms. The van der Waals surface area contributed by atoms with Gasteiger partial charge in [-0.15, -0.1) is 0 Å². The molecule has 0 aromatic heterocycles. The van der Waals surface area contributed by atoms with Gasteiger partial charge in [-0.25, -0.2) is 4.39 Å². The van der Waals surface area contributed by atoms with E-state index in [0.717, 1.165) is 49.9 Å². The normalized spacial score (nSPS) is 12.5. The number of halogens is 1. The van der Waals surface area contributed by atoms with Gasteiger partial charge in [0.15, 0.2) is 11.5 Å². The van der Waals surface area contributed by atoms with Crippen LogP contribution in [0, 0.1) is 11.7 Å². The van der Waals surface area contributed by atoms with Crippen molar-refractivity contribution in [3.63, 3.8) is 0 Å². The highest BCUT2D eigenvalue weighted by Crippen LogP contribution is 2.32. The molecule has 0 saturated heterocycles. The Labute approximate surface area is 196 Å². The average molecular weight is 480 g/mol. The molecule has 0 spiro atoms. The third kappa shape index (κ3) is 7.19. The SMILES string of the molecule is CCCCC(CC)C(=O)N(Cc1ccc(OC)c(OS(=O)(=O)c2ccc(F)cc2)c1)C(C)C. The Bertz CT molecular complexity index is 1020. The number of hydrogen-bond donors (Lipinski definition) is 0. The lowest BCUT2D eigenvalue weighted by Crippen LogP contribution is -2.40. The third-order valence-corrected chi connectivity index (χ3v) is 6.79. The number of carbonyl (C=O) groups excluding carboxylic acids is 1. The molecule has 182 valence electrons. The van der Waals surface area contributed by atoms with Crippen LogP contribution in [0.2, 0.25) is 0 Å². The molecule has 0 N–H and O–H groups in total. The van der Waals surface area contributed by atoms with Crippen LogP contribution in [0.15, 0.2) is 47.4 Å². The van der Waals surface area contributed by atoms with E-state index in [1.165, 1.54) is 7.11 Å². The number of methoxy groups -OCH3 is 1. The van der Waals surface area contributed by atoms with E-state index in [4.69, 9.17) is 8.92 Å². The molecular weight excluding hydrogens is 445 g/mol. The van der Waals surface area contributed by atoms with Crippen LogP contribution in [-0.2, 0) is 21.5 Å². The first-order chi connectivity index (χ1) is 15.6. The van der Waals surface area contributed by atoms with E-state index in [9.17, 15) is 17.6 Å². The van der Waals surface area contributed by atoms with Crippen LogP contribution in [0.1, 0.15) is 58.9 Å². The van der Waals surface area contributed by atoms with Gasteiger partial charge in [0.2, 0.25) is 5.91 Å². The first-order valence-corrected chi connectivity index (χ1v) is 12.7. The largest absolute Gasteiger partial charge is 0.493 e. The smallest absolute Gasteiger partial charge is 0.339 e. The molecule has 0 heterocycles. The predicted octanol–water partition coefficient (Wildman–Crippen LogP) is 5.56. The van der Waals surface area contributed by atoms with Crippen molar-refractivity contribution in [2.24, 2.45) is 5.92 Å². The molecule has 8 heteroatoms. The molecule has 1 atom stereocenters. The fourth-order valence-electron chi connectivity index (χ4n) is 3.55. The maximum Gasteiger partial charge on any atom is 0.339 e. The van der Waals surface area contributed by atoms with Gasteiger partial charge in [-0.1, -0.05) is 32.8 Å². The zero-order valence-corrected chi connectivity index (χ0v) is 20.8. The molecule has 1 unspecified atom stereocenters. The van der Waals surface area contributed by atoms with Crippen LogP contribution in [0.4, 0.5) is 4.39 Å². The Kier molecular flexibility index (Phi) is 9.70. The highest BCUT2D eigenvalue weighted by Gasteiger charge is 2.26. The molecule has 0 aliphatic rings. The summed E-state index contributed by atoms with van der Waals surface area (Å²) in [4.78, 5) is 14.9. The predicted molar refractivity (Wildman–Crippen MR) is 126 cm³/mol. The second-order valence-corrected chi connectivity index (χ2v) is 9.83. The van der Waals surface area contributed by atoms with E-state index >= 15 is 0 Å². The zero-order chi connectivity index (χ0) is 24.6. The lowest BCUT2D eigenvalue weighted by Gasteiger charge is -2.31. The van der Waals surface area contributed by atoms with Crippen molar-refractivity contribution >= 4 is 16.0 Å². The fourth-order valence-corrected chi connectivity index (χ4v) is 4.48. The standard InChI is InChI=1S/C25H34FNO5S/c1-6-8-9-20(7-2)25(28)27(18(3)4)17-19-10-15-23(31-5)24(16-19)32-33(29,30)22-13-11-21(26)12-14-22/h10-16,18,20H,6-9,17H2,1-5H3. The summed E-state index contributed by atoms with van der Waals surface area (Å²) in [5, 5.41) is 0. The van der Waals surface area contributed by atoms with E-state index < -0.39 is 15.9 Å². The molecule has 0 saturated carbocycles. The van der Waals surface area contributed by atoms with Crippen molar-refractivity contribution in [1.29, 1.82) is 0 Å². The van der Waals surface area contributed by atoms with Gasteiger partial charge in [0.1, 0.15) is 10.7 Å². The maximum atomic E-state index is 13.2. The van der Waals surface area contributed by atoms with Crippen LogP contribution >= 0.6 is 0 Å². The molecule has 0 aliphatic carbocycles. The number of ether oxygens (including phenoxy) is 1. The first kappa shape index (κ1) is 26.6. The van der Waals surface area contributed by atoms with Crippen LogP contribution in [0.5, 0.6) is 11.5 Å². The van der Waals surface area contributed by atoms with Crippen molar-refractivity contribution in [3.05, 3.63) is 53.8 Å². The number of hydrogen-bond acceptors (Lipinski definition) is 5. The Morgan fingerprint density at radius 1 is 1.06 bits per heavy atom. The second kappa shape index (κ2) is 12.0. The lowest BCUT2D eigenvalue weighted by atomic mass is 9.97. The lowest BCUT2D eigenvalue weighted by molar-refractivity contribution is -0.138. The summed E-state index contributed by atoms with van der Waals surface area (Å²) in [5.41, 5.74) is 0.715. The van der Waals surface area contributed by atoms with Crippen molar-refractivity contribution in [3.8, 4) is 11.5 Å². The van der Waals surface area contributed by atoms with E-state index in [2.05, 4.69) is 6.92 Å². The van der Waals surface area contributed by atoms with Gasteiger partial charge in [-0.3, -0.25) is 4.79 Å². The fraction of sp³-hybridized carbons (Fsp3) is 0.480. The molecule has 0 radical (unpaired) electrons. The van der Waals surface area contributed by atoms with Gasteiger partial charge in [0, 0.05) is 18.5 Å². The minimum absolute atomic E-state index is 0.00787. The van der Waals surface area contributed by atoms with E-state index in [1.807, 2.05) is 25.7 Å². The number of nitrogens with zero attached hydrogens (tertiary/aromatic N) is 1. The van der Waals surface area contributed by atoms with Gasteiger partial charge in [0.25, 0.3) is 0 Å². The number of unbranched alkanes of at least 4 members (excludes halogenated alkanes) is 1. The van der Waals surface area contributed by atoms with Crippen LogP contribution in [0.25, 0.3) is 0 Å². The molecule has 0 fully saturated rings. The highest BCUT2D eigenvalue weighted by molar-refractivity contribution is 7.87. The van der Waals surface area contributed by atoms with E-state index in [1.54, 1.807) is 18.2 Å². The van der Waals surface area contributed by atoms with Crippen LogP contribution < -0.4 is 8.92 Å². The summed E-state index contributed by atoms with van der Waals surface area (Å²) in [6.45, 7) is 8.37. The van der Waals surface area contributed by atoms with Gasteiger partial charge >= 0.3 is 10.1 Å². The number of benzene rings is 2. The number of rotatable bonds is 12. The minimum atomic E-state index is -4.20. The topological polar surface area (TPSA) is 72.9 Å². The summed E-state index contributed by atoms with van der Waals surface area (Å²) in [7, 11) is -2.78. The van der Waals surface area contributed by atoms with Gasteiger partial charge in [0.05, 0.1) is 7.11 Å². The van der Waals surface area contributed by atoms with Crippen LogP contribution in [-0.4, -0.2) is 32.4 Å². The zero-order valence-electron chi connectivity index (χ0n) is 20.0. The summed E-state index contributed by atoms with van der Waals surface area (Å²) in [6.07, 6.45) is 3.65. The Balaban J connectivity index is 2.31. The average Bonchev–Trinajstić information content (AvgIpc) is 2.77. The Morgan fingerprint density at radius 3 is 2.27 bits per heavy atom. The van der Waals surface area contributed by atoms with Crippen molar-refractivity contribution in [1.82, 2.24) is 4.90 Å². The molecular formula is C25H34FNO5S. The second-order valence-electron chi connectivity index (χ2n) is 8.28. The molecule has 6 nitrogen and oxygen atoms in total. The Hall–Kier alpha value is -2.61. The highest BCUT2D eigenvalue weighted by atomic mass is 32.2. The third-order valence-electron chi connectivity index (χ3n) is 5.54. The Morgan fingerprint density at radius 2 is 1.73 bits per heavy atom. The van der Waals surface area contributed by atoms with Gasteiger partial charge < -0.3 is 13.8 Å². The number of amides is 1.